The Morgan fingerprint density at radius 2 is 2.05 bits per heavy atom. The predicted octanol–water partition coefficient (Wildman–Crippen LogP) is 1.81. The van der Waals surface area contributed by atoms with E-state index in [1.165, 1.54) is 12.8 Å². The second-order valence-electron chi connectivity index (χ2n) is 7.50. The molecule has 1 N–H and O–H groups in total. The highest BCUT2D eigenvalue weighted by atomic mass is 16.2. The van der Waals surface area contributed by atoms with Crippen molar-refractivity contribution in [3.05, 3.63) is 0 Å². The molecule has 4 heteroatoms. The van der Waals surface area contributed by atoms with Gasteiger partial charge in [0.1, 0.15) is 0 Å². The van der Waals surface area contributed by atoms with Crippen molar-refractivity contribution in [3.8, 4) is 0 Å². The van der Waals surface area contributed by atoms with Crippen LogP contribution in [-0.2, 0) is 4.79 Å². The third-order valence-corrected chi connectivity index (χ3v) is 5.33. The summed E-state index contributed by atoms with van der Waals surface area (Å²) in [5, 5.41) is 3.75. The Bertz CT molecular complexity index is 376. The largest absolute Gasteiger partial charge is 0.321 e. The first kappa shape index (κ1) is 14.3. The van der Waals surface area contributed by atoms with Crippen LogP contribution >= 0.6 is 0 Å². The summed E-state index contributed by atoms with van der Waals surface area (Å²) in [7, 11) is 2.16. The van der Waals surface area contributed by atoms with Gasteiger partial charge in [0.25, 0.3) is 0 Å². The van der Waals surface area contributed by atoms with Gasteiger partial charge in [0.05, 0.1) is 11.7 Å². The summed E-state index contributed by atoms with van der Waals surface area (Å²) in [4.78, 5) is 17.6. The van der Waals surface area contributed by atoms with E-state index < -0.39 is 0 Å². The van der Waals surface area contributed by atoms with E-state index in [-0.39, 0.29) is 11.7 Å². The number of nitrogens with zero attached hydrogens (tertiary/aromatic N) is 2. The fourth-order valence-electron chi connectivity index (χ4n) is 4.35. The standard InChI is InChI=1S/C16H29N3O/c1-12(2)10-14-17-16(7-4-5-8-16)15(20)19(14)13-6-9-18(3)11-13/h12-14,17H,4-11H2,1-3H3. The molecule has 1 amide bonds. The van der Waals surface area contributed by atoms with Crippen LogP contribution in [-0.4, -0.2) is 53.6 Å². The minimum Gasteiger partial charge on any atom is -0.321 e. The number of carbonyl (C=O) groups is 1. The van der Waals surface area contributed by atoms with Crippen molar-refractivity contribution in [2.45, 2.75) is 70.1 Å². The van der Waals surface area contributed by atoms with Crippen molar-refractivity contribution in [2.75, 3.05) is 20.1 Å². The number of likely N-dealkylation sites (N-methyl/N-ethyl adjacent to an activating group) is 1. The van der Waals surface area contributed by atoms with Crippen LogP contribution in [0.15, 0.2) is 0 Å². The van der Waals surface area contributed by atoms with Crippen molar-refractivity contribution in [1.82, 2.24) is 15.1 Å². The molecule has 1 spiro atoms. The van der Waals surface area contributed by atoms with E-state index >= 15 is 0 Å². The number of carbonyl (C=O) groups excluding carboxylic acids is 1. The Labute approximate surface area is 122 Å². The van der Waals surface area contributed by atoms with Crippen LogP contribution in [0.25, 0.3) is 0 Å². The zero-order valence-electron chi connectivity index (χ0n) is 13.2. The van der Waals surface area contributed by atoms with E-state index in [0.29, 0.717) is 17.9 Å². The van der Waals surface area contributed by atoms with Crippen molar-refractivity contribution in [2.24, 2.45) is 5.92 Å². The lowest BCUT2D eigenvalue weighted by molar-refractivity contribution is -0.135. The quantitative estimate of drug-likeness (QED) is 0.856. The topological polar surface area (TPSA) is 35.6 Å². The van der Waals surface area contributed by atoms with E-state index in [2.05, 4.69) is 36.0 Å². The average molecular weight is 279 g/mol. The number of nitrogens with one attached hydrogen (secondary N) is 1. The fourth-order valence-corrected chi connectivity index (χ4v) is 4.35. The lowest BCUT2D eigenvalue weighted by atomic mass is 9.97. The molecule has 0 aromatic rings. The summed E-state index contributed by atoms with van der Waals surface area (Å²) < 4.78 is 0. The van der Waals surface area contributed by atoms with Crippen LogP contribution in [0.1, 0.15) is 52.4 Å². The molecule has 3 rings (SSSR count). The molecule has 2 heterocycles. The molecule has 0 aromatic heterocycles. The summed E-state index contributed by atoms with van der Waals surface area (Å²) in [5.41, 5.74) is -0.208. The molecule has 2 atom stereocenters. The minimum atomic E-state index is -0.208. The molecule has 1 aliphatic carbocycles. The maximum absolute atomic E-state index is 13.1. The predicted molar refractivity (Wildman–Crippen MR) is 80.3 cm³/mol. The molecule has 0 bridgehead atoms. The van der Waals surface area contributed by atoms with Crippen LogP contribution in [0.3, 0.4) is 0 Å². The van der Waals surface area contributed by atoms with Gasteiger partial charge in [-0.3, -0.25) is 10.1 Å². The first-order valence-corrected chi connectivity index (χ1v) is 8.31. The summed E-state index contributed by atoms with van der Waals surface area (Å²) in [5.74, 6) is 1.03. The monoisotopic (exact) mass is 279 g/mol. The van der Waals surface area contributed by atoms with Crippen LogP contribution in [0, 0.1) is 5.92 Å². The molecule has 114 valence electrons. The number of hydrogen-bond acceptors (Lipinski definition) is 3. The summed E-state index contributed by atoms with van der Waals surface area (Å²) in [6, 6.07) is 0.420. The average Bonchev–Trinajstić information content (AvgIpc) is 3.04. The van der Waals surface area contributed by atoms with Gasteiger partial charge in [0, 0.05) is 12.6 Å². The smallest absolute Gasteiger partial charge is 0.244 e. The second-order valence-corrected chi connectivity index (χ2v) is 7.50. The normalized spacial score (nSPS) is 34.0. The van der Waals surface area contributed by atoms with Gasteiger partial charge in [-0.2, -0.15) is 0 Å². The summed E-state index contributed by atoms with van der Waals surface area (Å²) in [6.07, 6.45) is 6.95. The second kappa shape index (κ2) is 5.30. The van der Waals surface area contributed by atoms with E-state index in [1.54, 1.807) is 0 Å². The molecule has 2 saturated heterocycles. The molecule has 0 radical (unpaired) electrons. The van der Waals surface area contributed by atoms with Crippen molar-refractivity contribution < 1.29 is 4.79 Å². The highest BCUT2D eigenvalue weighted by Crippen LogP contribution is 2.39. The summed E-state index contributed by atoms with van der Waals surface area (Å²) >= 11 is 0. The summed E-state index contributed by atoms with van der Waals surface area (Å²) in [6.45, 7) is 6.67. The molecule has 4 nitrogen and oxygen atoms in total. The molecular formula is C16H29N3O. The Hall–Kier alpha value is -0.610. The Kier molecular flexibility index (Phi) is 3.80. The van der Waals surface area contributed by atoms with Gasteiger partial charge in [-0.15, -0.1) is 0 Å². The molecule has 3 fully saturated rings. The van der Waals surface area contributed by atoms with Crippen molar-refractivity contribution in [1.29, 1.82) is 0 Å². The number of amides is 1. The van der Waals surface area contributed by atoms with Crippen LogP contribution in [0.2, 0.25) is 0 Å². The van der Waals surface area contributed by atoms with Gasteiger partial charge in [-0.25, -0.2) is 0 Å². The molecule has 3 aliphatic rings. The molecular weight excluding hydrogens is 250 g/mol. The zero-order valence-corrected chi connectivity index (χ0v) is 13.2. The molecule has 20 heavy (non-hydrogen) atoms. The lowest BCUT2D eigenvalue weighted by Crippen LogP contribution is -2.46. The highest BCUT2D eigenvalue weighted by molar-refractivity contribution is 5.89. The van der Waals surface area contributed by atoms with E-state index in [9.17, 15) is 4.79 Å². The van der Waals surface area contributed by atoms with Gasteiger partial charge >= 0.3 is 0 Å². The number of rotatable bonds is 3. The zero-order chi connectivity index (χ0) is 14.3. The SMILES string of the molecule is CC(C)CC1NC2(CCCC2)C(=O)N1C1CCN(C)C1. The van der Waals surface area contributed by atoms with Gasteiger partial charge in [0.2, 0.25) is 5.91 Å². The molecule has 0 aromatic carbocycles. The van der Waals surface area contributed by atoms with Gasteiger partial charge < -0.3 is 9.80 Å². The molecule has 2 aliphatic heterocycles. The molecule has 1 saturated carbocycles. The Balaban J connectivity index is 1.81. The van der Waals surface area contributed by atoms with E-state index in [1.807, 2.05) is 0 Å². The van der Waals surface area contributed by atoms with Crippen LogP contribution in [0.5, 0.6) is 0 Å². The molecule has 2 unspecified atom stereocenters. The highest BCUT2D eigenvalue weighted by Gasteiger charge is 2.54. The van der Waals surface area contributed by atoms with Crippen LogP contribution < -0.4 is 5.32 Å². The van der Waals surface area contributed by atoms with Crippen molar-refractivity contribution in [3.63, 3.8) is 0 Å². The van der Waals surface area contributed by atoms with Gasteiger partial charge in [-0.05, 0) is 45.2 Å². The third-order valence-electron chi connectivity index (χ3n) is 5.33. The van der Waals surface area contributed by atoms with Crippen molar-refractivity contribution >= 4 is 5.91 Å². The third kappa shape index (κ3) is 2.37. The maximum Gasteiger partial charge on any atom is 0.244 e. The van der Waals surface area contributed by atoms with E-state index in [4.69, 9.17) is 0 Å². The number of hydrogen-bond donors (Lipinski definition) is 1. The lowest BCUT2D eigenvalue weighted by Gasteiger charge is -2.31. The Morgan fingerprint density at radius 1 is 1.35 bits per heavy atom. The number of likely N-dealkylation sites (tertiary alicyclic amines) is 1. The van der Waals surface area contributed by atoms with E-state index in [0.717, 1.165) is 38.8 Å². The van der Waals surface area contributed by atoms with Gasteiger partial charge in [-0.1, -0.05) is 26.7 Å². The Morgan fingerprint density at radius 3 is 2.60 bits per heavy atom. The maximum atomic E-state index is 13.1. The first-order valence-electron chi connectivity index (χ1n) is 8.31. The minimum absolute atomic E-state index is 0.208. The fraction of sp³-hybridized carbons (Fsp3) is 0.938. The van der Waals surface area contributed by atoms with Gasteiger partial charge in [0.15, 0.2) is 0 Å². The van der Waals surface area contributed by atoms with Crippen LogP contribution in [0.4, 0.5) is 0 Å². The first-order chi connectivity index (χ1) is 9.52.